The fraction of sp³-hybridized carbons (Fsp3) is 0.440. The highest BCUT2D eigenvalue weighted by Gasteiger charge is 2.72. The quantitative estimate of drug-likeness (QED) is 0.735. The summed E-state index contributed by atoms with van der Waals surface area (Å²) in [6.07, 6.45) is 2.62. The number of ether oxygens (including phenoxy) is 2. The van der Waals surface area contributed by atoms with E-state index >= 15 is 0 Å². The van der Waals surface area contributed by atoms with Gasteiger partial charge in [0.05, 0.1) is 5.41 Å². The van der Waals surface area contributed by atoms with E-state index < -0.39 is 17.4 Å². The van der Waals surface area contributed by atoms with E-state index in [4.69, 9.17) is 9.47 Å². The van der Waals surface area contributed by atoms with Gasteiger partial charge in [-0.15, -0.1) is 0 Å². The van der Waals surface area contributed by atoms with Gasteiger partial charge in [-0.25, -0.2) is 0 Å². The number of hydrogen-bond acceptors (Lipinski definition) is 4. The topological polar surface area (TPSA) is 52.6 Å². The molecule has 2 fully saturated rings. The van der Waals surface area contributed by atoms with Crippen LogP contribution in [0, 0.1) is 11.3 Å². The van der Waals surface area contributed by atoms with Gasteiger partial charge in [-0.1, -0.05) is 61.9 Å². The molecular weight excluding hydrogens is 364 g/mol. The average molecular weight is 388 g/mol. The van der Waals surface area contributed by atoms with Crippen molar-refractivity contribution in [2.75, 3.05) is 0 Å². The molecule has 4 nitrogen and oxygen atoms in total. The maximum absolute atomic E-state index is 13.5. The van der Waals surface area contributed by atoms with Gasteiger partial charge in [0.25, 0.3) is 0 Å². The first kappa shape index (κ1) is 17.3. The molecule has 0 radical (unpaired) electrons. The number of cyclic esters (lactones) is 1. The molecule has 2 aromatic rings. The number of unbranched alkanes of at least 4 members (excludes halogenated alkanes) is 1. The van der Waals surface area contributed by atoms with Crippen LogP contribution >= 0.6 is 0 Å². The van der Waals surface area contributed by atoms with E-state index in [0.29, 0.717) is 6.42 Å². The van der Waals surface area contributed by atoms with E-state index in [0.717, 1.165) is 19.3 Å². The molecule has 3 aliphatic carbocycles. The largest absolute Gasteiger partial charge is 0.458 e. The minimum absolute atomic E-state index is 0.112. The van der Waals surface area contributed by atoms with Gasteiger partial charge < -0.3 is 9.47 Å². The van der Waals surface area contributed by atoms with E-state index in [9.17, 15) is 9.59 Å². The summed E-state index contributed by atoms with van der Waals surface area (Å²) in [6, 6.07) is 16.8. The lowest BCUT2D eigenvalue weighted by Crippen LogP contribution is -2.50. The summed E-state index contributed by atoms with van der Waals surface area (Å²) in [5, 5.41) is 0. The Hall–Kier alpha value is -2.62. The summed E-state index contributed by atoms with van der Waals surface area (Å²) in [5.74, 6) is -0.999. The molecule has 2 bridgehead atoms. The Balaban J connectivity index is 1.53. The lowest BCUT2D eigenvalue weighted by molar-refractivity contribution is -0.162. The molecule has 0 amide bonds. The zero-order chi connectivity index (χ0) is 19.8. The number of esters is 2. The molecule has 7 rings (SSSR count). The minimum atomic E-state index is -0.851. The summed E-state index contributed by atoms with van der Waals surface area (Å²) >= 11 is 0. The zero-order valence-corrected chi connectivity index (χ0v) is 16.5. The average Bonchev–Trinajstić information content (AvgIpc) is 3.21. The maximum atomic E-state index is 13.5. The van der Waals surface area contributed by atoms with Crippen molar-refractivity contribution in [1.82, 2.24) is 0 Å². The van der Waals surface area contributed by atoms with Crippen LogP contribution in [0.3, 0.4) is 0 Å². The second kappa shape index (κ2) is 5.94. The second-order valence-electron chi connectivity index (χ2n) is 8.95. The number of fused-ring (bicyclic) bond motifs is 1. The summed E-state index contributed by atoms with van der Waals surface area (Å²) in [6.45, 7) is 2.12. The number of carbonyl (C=O) groups excluding carboxylic acids is 2. The normalized spacial score (nSPS) is 35.8. The number of carbonyl (C=O) groups is 2. The van der Waals surface area contributed by atoms with Crippen LogP contribution < -0.4 is 0 Å². The Morgan fingerprint density at radius 1 is 0.931 bits per heavy atom. The number of hydrogen-bond donors (Lipinski definition) is 0. The number of benzene rings is 2. The molecule has 1 unspecified atom stereocenters. The van der Waals surface area contributed by atoms with Crippen LogP contribution in [0.2, 0.25) is 0 Å². The van der Waals surface area contributed by atoms with Crippen molar-refractivity contribution in [3.8, 4) is 0 Å². The lowest BCUT2D eigenvalue weighted by atomic mass is 9.48. The van der Waals surface area contributed by atoms with Gasteiger partial charge >= 0.3 is 11.9 Å². The Kier molecular flexibility index (Phi) is 3.54. The van der Waals surface area contributed by atoms with Crippen molar-refractivity contribution in [2.24, 2.45) is 11.3 Å². The van der Waals surface area contributed by atoms with E-state index in [1.165, 1.54) is 22.3 Å². The predicted molar refractivity (Wildman–Crippen MR) is 106 cm³/mol. The Morgan fingerprint density at radius 3 is 2.17 bits per heavy atom. The third kappa shape index (κ3) is 2.04. The van der Waals surface area contributed by atoms with E-state index in [-0.39, 0.29) is 29.9 Å². The molecule has 4 heteroatoms. The third-order valence-electron chi connectivity index (χ3n) is 7.66. The first-order valence-corrected chi connectivity index (χ1v) is 10.8. The maximum Gasteiger partial charge on any atom is 0.314 e. The molecule has 0 aromatic heterocycles. The SMILES string of the molecule is CCCC[C@@H]1OC(=O)[C@H]2[C@@H]1OC(=O)C21CC2c3ccccc3C1c1ccccc12. The van der Waals surface area contributed by atoms with E-state index in [1.807, 2.05) is 12.1 Å². The van der Waals surface area contributed by atoms with Crippen LogP contribution in [0.5, 0.6) is 0 Å². The van der Waals surface area contributed by atoms with Crippen LogP contribution in [0.1, 0.15) is 66.7 Å². The van der Waals surface area contributed by atoms with E-state index in [2.05, 4.69) is 43.3 Å². The van der Waals surface area contributed by atoms with Crippen LogP contribution in [-0.4, -0.2) is 24.1 Å². The first-order valence-electron chi connectivity index (χ1n) is 10.8. The van der Waals surface area contributed by atoms with Crippen molar-refractivity contribution in [3.63, 3.8) is 0 Å². The summed E-state index contributed by atoms with van der Waals surface area (Å²) in [5.41, 5.74) is 4.06. The van der Waals surface area contributed by atoms with E-state index in [1.54, 1.807) is 0 Å². The standard InChI is InChI=1S/C25H24O4/c1-2-3-12-19-22-21(23(26)28-19)25(24(27)29-22)13-18-14-8-4-6-10-16(14)20(25)17-11-7-5-9-15(17)18/h4-11,18-22H,2-3,12-13H2,1H3/t18?,19-,20?,21+,22+,25?/m0/s1. The highest BCUT2D eigenvalue weighted by Crippen LogP contribution is 2.67. The molecule has 0 saturated carbocycles. The van der Waals surface area contributed by atoms with Crippen LogP contribution in [0.15, 0.2) is 48.5 Å². The van der Waals surface area contributed by atoms with Gasteiger partial charge in [0, 0.05) is 11.8 Å². The molecule has 4 atom stereocenters. The molecule has 2 aliphatic heterocycles. The molecule has 2 saturated heterocycles. The zero-order valence-electron chi connectivity index (χ0n) is 16.5. The first-order chi connectivity index (χ1) is 14.2. The fourth-order valence-electron chi connectivity index (χ4n) is 6.53. The molecule has 29 heavy (non-hydrogen) atoms. The van der Waals surface area contributed by atoms with Gasteiger partial charge in [0.15, 0.2) is 6.10 Å². The predicted octanol–water partition coefficient (Wildman–Crippen LogP) is 4.31. The van der Waals surface area contributed by atoms with Crippen molar-refractivity contribution < 1.29 is 19.1 Å². The van der Waals surface area contributed by atoms with Gasteiger partial charge in [0.2, 0.25) is 0 Å². The molecular formula is C25H24O4. The van der Waals surface area contributed by atoms with Gasteiger partial charge in [-0.2, -0.15) is 0 Å². The van der Waals surface area contributed by atoms with Gasteiger partial charge in [-0.05, 0) is 41.5 Å². The third-order valence-corrected chi connectivity index (χ3v) is 7.66. The lowest BCUT2D eigenvalue weighted by Gasteiger charge is -2.50. The van der Waals surface area contributed by atoms with Crippen molar-refractivity contribution >= 4 is 11.9 Å². The van der Waals surface area contributed by atoms with Crippen LogP contribution in [0.4, 0.5) is 0 Å². The molecule has 2 aromatic carbocycles. The molecule has 5 aliphatic rings. The summed E-state index contributed by atoms with van der Waals surface area (Å²) in [4.78, 5) is 26.6. The van der Waals surface area contributed by atoms with Crippen molar-refractivity contribution in [3.05, 3.63) is 70.8 Å². The van der Waals surface area contributed by atoms with Crippen molar-refractivity contribution in [2.45, 2.75) is 56.7 Å². The van der Waals surface area contributed by atoms with Crippen LogP contribution in [0.25, 0.3) is 0 Å². The monoisotopic (exact) mass is 388 g/mol. The smallest absolute Gasteiger partial charge is 0.314 e. The highest BCUT2D eigenvalue weighted by atomic mass is 16.6. The molecule has 0 N–H and O–H groups in total. The molecule has 148 valence electrons. The summed E-state index contributed by atoms with van der Waals surface area (Å²) < 4.78 is 11.7. The number of rotatable bonds is 3. The van der Waals surface area contributed by atoms with Gasteiger partial charge in [0.1, 0.15) is 12.0 Å². The fourth-order valence-corrected chi connectivity index (χ4v) is 6.53. The Bertz CT molecular complexity index is 979. The molecule has 2 heterocycles. The minimum Gasteiger partial charge on any atom is -0.458 e. The van der Waals surface area contributed by atoms with Crippen LogP contribution in [-0.2, 0) is 19.1 Å². The summed E-state index contributed by atoms with van der Waals surface area (Å²) in [7, 11) is 0. The Labute approximate surface area is 170 Å². The second-order valence-corrected chi connectivity index (χ2v) is 8.95. The highest BCUT2D eigenvalue weighted by molar-refractivity contribution is 5.93. The van der Waals surface area contributed by atoms with Gasteiger partial charge in [-0.3, -0.25) is 9.59 Å². The van der Waals surface area contributed by atoms with Crippen molar-refractivity contribution in [1.29, 1.82) is 0 Å². The molecule has 1 spiro atoms. The Morgan fingerprint density at radius 2 is 1.55 bits per heavy atom.